The standard InChI is InChI=1S/C19H18FN5O/c1-3-15-13-10-14(20)16(26-2)9-12(13)11-25(15)17-5-8-23-19(24-17)18-21-6-4-7-22-18/h4-10,15H,3,11H2,1-2H3. The van der Waals surface area contributed by atoms with E-state index in [9.17, 15) is 4.39 Å². The fraction of sp³-hybridized carbons (Fsp3) is 0.263. The number of ether oxygens (including phenoxy) is 1. The fourth-order valence-electron chi connectivity index (χ4n) is 3.39. The van der Waals surface area contributed by atoms with E-state index in [2.05, 4.69) is 31.8 Å². The highest BCUT2D eigenvalue weighted by molar-refractivity contribution is 5.55. The molecule has 0 spiro atoms. The second kappa shape index (κ2) is 6.67. The number of aromatic nitrogens is 4. The average Bonchev–Trinajstić information content (AvgIpc) is 3.05. The molecule has 0 radical (unpaired) electrons. The van der Waals surface area contributed by atoms with Gasteiger partial charge in [0.1, 0.15) is 5.82 Å². The second-order valence-electron chi connectivity index (χ2n) is 6.05. The van der Waals surface area contributed by atoms with Gasteiger partial charge in [-0.25, -0.2) is 24.3 Å². The molecule has 3 aromatic rings. The third kappa shape index (κ3) is 2.75. The van der Waals surface area contributed by atoms with E-state index in [1.165, 1.54) is 7.11 Å². The predicted octanol–water partition coefficient (Wildman–Crippen LogP) is 3.55. The first-order valence-electron chi connectivity index (χ1n) is 8.44. The van der Waals surface area contributed by atoms with Crippen molar-refractivity contribution in [3.05, 3.63) is 59.8 Å². The number of benzene rings is 1. The van der Waals surface area contributed by atoms with Gasteiger partial charge in [-0.3, -0.25) is 0 Å². The van der Waals surface area contributed by atoms with Crippen LogP contribution in [0.5, 0.6) is 5.75 Å². The van der Waals surface area contributed by atoms with Crippen molar-refractivity contribution in [2.45, 2.75) is 25.9 Å². The van der Waals surface area contributed by atoms with Crippen LogP contribution < -0.4 is 9.64 Å². The highest BCUT2D eigenvalue weighted by atomic mass is 19.1. The molecule has 6 nitrogen and oxygen atoms in total. The summed E-state index contributed by atoms with van der Waals surface area (Å²) in [6, 6.07) is 7.00. The minimum atomic E-state index is -0.340. The van der Waals surface area contributed by atoms with Crippen molar-refractivity contribution in [3.63, 3.8) is 0 Å². The normalized spacial score (nSPS) is 15.8. The Labute approximate surface area is 150 Å². The summed E-state index contributed by atoms with van der Waals surface area (Å²) >= 11 is 0. The Hall–Kier alpha value is -3.09. The fourth-order valence-corrected chi connectivity index (χ4v) is 3.39. The van der Waals surface area contributed by atoms with Gasteiger partial charge in [-0.2, -0.15) is 0 Å². The monoisotopic (exact) mass is 351 g/mol. The topological polar surface area (TPSA) is 64.0 Å². The summed E-state index contributed by atoms with van der Waals surface area (Å²) in [5, 5.41) is 0. The molecule has 0 bridgehead atoms. The summed E-state index contributed by atoms with van der Waals surface area (Å²) in [5.41, 5.74) is 2.02. The van der Waals surface area contributed by atoms with Crippen LogP contribution in [-0.2, 0) is 6.54 Å². The summed E-state index contributed by atoms with van der Waals surface area (Å²) in [5.74, 6) is 1.64. The maximum atomic E-state index is 14.2. The van der Waals surface area contributed by atoms with E-state index < -0.39 is 0 Å². The Morgan fingerprint density at radius 3 is 2.65 bits per heavy atom. The molecule has 1 aromatic carbocycles. The van der Waals surface area contributed by atoms with Crippen LogP contribution in [-0.4, -0.2) is 27.0 Å². The van der Waals surface area contributed by atoms with E-state index in [1.807, 2.05) is 6.07 Å². The van der Waals surface area contributed by atoms with Crippen LogP contribution in [0.25, 0.3) is 11.6 Å². The predicted molar refractivity (Wildman–Crippen MR) is 95.2 cm³/mol. The summed E-state index contributed by atoms with van der Waals surface area (Å²) in [6.07, 6.45) is 5.85. The lowest BCUT2D eigenvalue weighted by molar-refractivity contribution is 0.385. The number of anilines is 1. The highest BCUT2D eigenvalue weighted by Gasteiger charge is 2.31. The molecule has 0 aliphatic carbocycles. The van der Waals surface area contributed by atoms with Gasteiger partial charge in [0.2, 0.25) is 0 Å². The maximum Gasteiger partial charge on any atom is 0.199 e. The van der Waals surface area contributed by atoms with Crippen LogP contribution in [0.3, 0.4) is 0 Å². The lowest BCUT2D eigenvalue weighted by Gasteiger charge is -2.25. The second-order valence-corrected chi connectivity index (χ2v) is 6.05. The molecule has 0 amide bonds. The quantitative estimate of drug-likeness (QED) is 0.716. The number of methoxy groups -OCH3 is 1. The minimum Gasteiger partial charge on any atom is -0.494 e. The van der Waals surface area contributed by atoms with Crippen LogP contribution >= 0.6 is 0 Å². The third-order valence-corrected chi connectivity index (χ3v) is 4.58. The Kier molecular flexibility index (Phi) is 4.20. The van der Waals surface area contributed by atoms with Crippen LogP contribution in [0, 0.1) is 5.82 Å². The summed E-state index contributed by atoms with van der Waals surface area (Å²) in [4.78, 5) is 19.5. The number of nitrogens with zero attached hydrogens (tertiary/aromatic N) is 5. The van der Waals surface area contributed by atoms with E-state index in [0.29, 0.717) is 18.2 Å². The van der Waals surface area contributed by atoms with Crippen LogP contribution in [0.1, 0.15) is 30.5 Å². The average molecular weight is 351 g/mol. The van der Waals surface area contributed by atoms with Crippen molar-refractivity contribution < 1.29 is 9.13 Å². The Bertz CT molecular complexity index is 934. The molecule has 2 aromatic heterocycles. The SMILES string of the molecule is CCC1c2cc(F)c(OC)cc2CN1c1ccnc(-c2ncccn2)n1. The Morgan fingerprint density at radius 2 is 1.92 bits per heavy atom. The van der Waals surface area contributed by atoms with Gasteiger partial charge in [0.25, 0.3) is 0 Å². The molecule has 1 aliphatic rings. The van der Waals surface area contributed by atoms with Gasteiger partial charge in [-0.15, -0.1) is 0 Å². The lowest BCUT2D eigenvalue weighted by atomic mass is 10.0. The zero-order chi connectivity index (χ0) is 18.1. The van der Waals surface area contributed by atoms with Crippen LogP contribution in [0.4, 0.5) is 10.2 Å². The van der Waals surface area contributed by atoms with Crippen molar-refractivity contribution in [1.29, 1.82) is 0 Å². The number of fused-ring (bicyclic) bond motifs is 1. The number of hydrogen-bond acceptors (Lipinski definition) is 6. The Morgan fingerprint density at radius 1 is 1.15 bits per heavy atom. The first-order chi connectivity index (χ1) is 12.7. The van der Waals surface area contributed by atoms with Crippen molar-refractivity contribution in [3.8, 4) is 17.4 Å². The van der Waals surface area contributed by atoms with Gasteiger partial charge in [0.05, 0.1) is 13.2 Å². The molecule has 3 heterocycles. The van der Waals surface area contributed by atoms with Crippen molar-refractivity contribution >= 4 is 5.82 Å². The number of hydrogen-bond donors (Lipinski definition) is 0. The van der Waals surface area contributed by atoms with E-state index >= 15 is 0 Å². The van der Waals surface area contributed by atoms with Crippen molar-refractivity contribution in [2.24, 2.45) is 0 Å². The van der Waals surface area contributed by atoms with Crippen LogP contribution in [0.15, 0.2) is 42.9 Å². The molecule has 0 N–H and O–H groups in total. The largest absolute Gasteiger partial charge is 0.494 e. The van der Waals surface area contributed by atoms with Gasteiger partial charge < -0.3 is 9.64 Å². The molecule has 4 rings (SSSR count). The number of rotatable bonds is 4. The van der Waals surface area contributed by atoms with E-state index in [-0.39, 0.29) is 17.6 Å². The molecule has 7 heteroatoms. The molecular weight excluding hydrogens is 333 g/mol. The zero-order valence-corrected chi connectivity index (χ0v) is 14.6. The minimum absolute atomic E-state index is 0.0462. The molecular formula is C19H18FN5O. The molecule has 0 saturated carbocycles. The van der Waals surface area contributed by atoms with Crippen molar-refractivity contribution in [1.82, 2.24) is 19.9 Å². The molecule has 1 aliphatic heterocycles. The summed E-state index contributed by atoms with van der Waals surface area (Å²) in [7, 11) is 1.48. The van der Waals surface area contributed by atoms with E-state index in [1.54, 1.807) is 36.8 Å². The van der Waals surface area contributed by atoms with E-state index in [0.717, 1.165) is 23.4 Å². The Balaban J connectivity index is 1.72. The van der Waals surface area contributed by atoms with Gasteiger partial charge in [0.15, 0.2) is 23.2 Å². The van der Waals surface area contributed by atoms with Gasteiger partial charge in [-0.05, 0) is 41.8 Å². The lowest BCUT2D eigenvalue weighted by Crippen LogP contribution is -2.22. The first kappa shape index (κ1) is 16.4. The van der Waals surface area contributed by atoms with Crippen LogP contribution in [0.2, 0.25) is 0 Å². The molecule has 132 valence electrons. The van der Waals surface area contributed by atoms with Gasteiger partial charge >= 0.3 is 0 Å². The molecule has 1 unspecified atom stereocenters. The summed E-state index contributed by atoms with van der Waals surface area (Å²) < 4.78 is 19.3. The maximum absolute atomic E-state index is 14.2. The molecule has 26 heavy (non-hydrogen) atoms. The van der Waals surface area contributed by atoms with Crippen molar-refractivity contribution in [2.75, 3.05) is 12.0 Å². The summed E-state index contributed by atoms with van der Waals surface area (Å²) in [6.45, 7) is 2.72. The molecule has 0 saturated heterocycles. The van der Waals surface area contributed by atoms with E-state index in [4.69, 9.17) is 4.74 Å². The van der Waals surface area contributed by atoms with Gasteiger partial charge in [0, 0.05) is 25.1 Å². The smallest absolute Gasteiger partial charge is 0.199 e. The highest BCUT2D eigenvalue weighted by Crippen LogP contribution is 2.41. The van der Waals surface area contributed by atoms with Gasteiger partial charge in [-0.1, -0.05) is 6.92 Å². The zero-order valence-electron chi connectivity index (χ0n) is 14.6. The number of halogens is 1. The first-order valence-corrected chi connectivity index (χ1v) is 8.44. The molecule has 0 fully saturated rings. The molecule has 1 atom stereocenters. The third-order valence-electron chi connectivity index (χ3n) is 4.58.